The van der Waals surface area contributed by atoms with Crippen LogP contribution in [-0.4, -0.2) is 66.1 Å². The molecule has 1 aromatic heterocycles. The number of likely N-dealkylation sites (N-methyl/N-ethyl adjacent to an activating group) is 1. The predicted octanol–water partition coefficient (Wildman–Crippen LogP) is 3.14. The summed E-state index contributed by atoms with van der Waals surface area (Å²) in [7, 11) is 2.08. The van der Waals surface area contributed by atoms with Crippen LogP contribution < -0.4 is 0 Å². The highest BCUT2D eigenvalue weighted by molar-refractivity contribution is 6.10. The number of nitrogens with zero attached hydrogens (tertiary/aromatic N) is 3. The van der Waals surface area contributed by atoms with Crippen molar-refractivity contribution in [3.05, 3.63) is 48.0 Å². The highest BCUT2D eigenvalue weighted by Crippen LogP contribution is 2.30. The van der Waals surface area contributed by atoms with Crippen LogP contribution in [0.4, 0.5) is 0 Å². The summed E-state index contributed by atoms with van der Waals surface area (Å²) in [6.45, 7) is 6.08. The molecule has 0 N–H and O–H groups in total. The van der Waals surface area contributed by atoms with Gasteiger partial charge < -0.3 is 19.1 Å². The van der Waals surface area contributed by atoms with Crippen molar-refractivity contribution in [3.63, 3.8) is 0 Å². The van der Waals surface area contributed by atoms with Crippen LogP contribution in [0.3, 0.4) is 0 Å². The summed E-state index contributed by atoms with van der Waals surface area (Å²) < 4.78 is 7.23. The van der Waals surface area contributed by atoms with Crippen LogP contribution in [0.2, 0.25) is 0 Å². The second-order valence-electron chi connectivity index (χ2n) is 7.55. The number of benzene rings is 2. The van der Waals surface area contributed by atoms with Gasteiger partial charge >= 0.3 is 5.97 Å². The lowest BCUT2D eigenvalue weighted by Crippen LogP contribution is -2.47. The molecule has 0 bridgehead atoms. The first kappa shape index (κ1) is 19.5. The molecule has 1 aliphatic heterocycles. The molecule has 152 valence electrons. The van der Waals surface area contributed by atoms with Gasteiger partial charge in [-0.3, -0.25) is 9.59 Å². The third-order valence-electron chi connectivity index (χ3n) is 5.65. The van der Waals surface area contributed by atoms with Gasteiger partial charge in [-0.1, -0.05) is 18.2 Å². The molecular weight excluding hydrogens is 366 g/mol. The molecule has 0 aliphatic carbocycles. The van der Waals surface area contributed by atoms with Gasteiger partial charge in [-0.15, -0.1) is 0 Å². The smallest absolute Gasteiger partial charge is 0.307 e. The van der Waals surface area contributed by atoms with Crippen LogP contribution in [0, 0.1) is 0 Å². The Hall–Kier alpha value is -2.86. The first-order valence-electron chi connectivity index (χ1n) is 10.2. The molecule has 3 aromatic rings. The highest BCUT2D eigenvalue weighted by atomic mass is 16.5. The number of esters is 1. The lowest BCUT2D eigenvalue weighted by molar-refractivity contribution is -0.143. The lowest BCUT2D eigenvalue weighted by Gasteiger charge is -2.32. The Bertz CT molecular complexity index is 1050. The van der Waals surface area contributed by atoms with E-state index in [9.17, 15) is 9.59 Å². The zero-order chi connectivity index (χ0) is 20.4. The second kappa shape index (κ2) is 8.25. The number of para-hydroxylation sites is 1. The van der Waals surface area contributed by atoms with Crippen molar-refractivity contribution in [2.24, 2.45) is 0 Å². The molecule has 2 heterocycles. The monoisotopic (exact) mass is 393 g/mol. The number of piperazine rings is 1. The summed E-state index contributed by atoms with van der Waals surface area (Å²) in [5, 5.41) is 2.14. The molecule has 1 aliphatic rings. The van der Waals surface area contributed by atoms with Crippen molar-refractivity contribution in [3.8, 4) is 0 Å². The Morgan fingerprint density at radius 1 is 0.966 bits per heavy atom. The number of carbonyl (C=O) groups is 2. The van der Waals surface area contributed by atoms with Crippen molar-refractivity contribution < 1.29 is 14.3 Å². The molecule has 1 saturated heterocycles. The Labute approximate surface area is 170 Å². The Balaban J connectivity index is 1.69. The minimum Gasteiger partial charge on any atom is -0.466 e. The SMILES string of the molecule is CCOC(=O)CCn1c2ccccc2c2cc(C(=O)N3CCN(C)CC3)ccc21. The van der Waals surface area contributed by atoms with Crippen LogP contribution in [0.25, 0.3) is 21.8 Å². The van der Waals surface area contributed by atoms with Crippen LogP contribution in [0.15, 0.2) is 42.5 Å². The van der Waals surface area contributed by atoms with Gasteiger partial charge in [0.25, 0.3) is 5.91 Å². The largest absolute Gasteiger partial charge is 0.466 e. The van der Waals surface area contributed by atoms with Crippen molar-refractivity contribution in [2.45, 2.75) is 19.9 Å². The number of rotatable bonds is 5. The van der Waals surface area contributed by atoms with E-state index in [1.807, 2.05) is 42.2 Å². The number of hydrogen-bond donors (Lipinski definition) is 0. The molecule has 0 atom stereocenters. The Kier molecular flexibility index (Phi) is 5.53. The van der Waals surface area contributed by atoms with E-state index in [1.54, 1.807) is 0 Å². The summed E-state index contributed by atoms with van der Waals surface area (Å²) in [5.41, 5.74) is 2.82. The fraction of sp³-hybridized carbons (Fsp3) is 0.391. The van der Waals surface area contributed by atoms with Crippen molar-refractivity contribution in [2.75, 3.05) is 39.8 Å². The summed E-state index contributed by atoms with van der Waals surface area (Å²) in [4.78, 5) is 29.1. The highest BCUT2D eigenvalue weighted by Gasteiger charge is 2.21. The molecule has 1 amide bonds. The van der Waals surface area contributed by atoms with E-state index in [1.165, 1.54) is 0 Å². The zero-order valence-electron chi connectivity index (χ0n) is 17.1. The topological polar surface area (TPSA) is 54.8 Å². The fourth-order valence-corrected chi connectivity index (χ4v) is 4.06. The van der Waals surface area contributed by atoms with Gasteiger partial charge in [0.2, 0.25) is 0 Å². The maximum atomic E-state index is 13.0. The quantitative estimate of drug-likeness (QED) is 0.625. The van der Waals surface area contributed by atoms with Crippen LogP contribution in [0.5, 0.6) is 0 Å². The van der Waals surface area contributed by atoms with E-state index < -0.39 is 0 Å². The molecular formula is C23H27N3O3. The lowest BCUT2D eigenvalue weighted by atomic mass is 10.1. The van der Waals surface area contributed by atoms with Crippen LogP contribution in [0.1, 0.15) is 23.7 Å². The molecule has 0 saturated carbocycles. The van der Waals surface area contributed by atoms with E-state index in [2.05, 4.69) is 28.6 Å². The van der Waals surface area contributed by atoms with E-state index in [0.29, 0.717) is 19.6 Å². The molecule has 0 spiro atoms. The third kappa shape index (κ3) is 3.85. The molecule has 6 nitrogen and oxygen atoms in total. The van der Waals surface area contributed by atoms with Gasteiger partial charge in [0.1, 0.15) is 0 Å². The molecule has 6 heteroatoms. The number of fused-ring (bicyclic) bond motifs is 3. The minimum absolute atomic E-state index is 0.0864. The number of amides is 1. The molecule has 1 fully saturated rings. The Morgan fingerprint density at radius 2 is 1.69 bits per heavy atom. The normalized spacial score (nSPS) is 15.2. The summed E-state index contributed by atoms with van der Waals surface area (Å²) in [6, 6.07) is 14.0. The number of carbonyl (C=O) groups excluding carboxylic acids is 2. The van der Waals surface area contributed by atoms with E-state index in [0.717, 1.165) is 53.5 Å². The van der Waals surface area contributed by atoms with Crippen molar-refractivity contribution in [1.82, 2.24) is 14.4 Å². The average Bonchev–Trinajstić information content (AvgIpc) is 3.05. The van der Waals surface area contributed by atoms with Gasteiger partial charge in [0.05, 0.1) is 13.0 Å². The average molecular weight is 393 g/mol. The molecule has 2 aromatic carbocycles. The van der Waals surface area contributed by atoms with E-state index >= 15 is 0 Å². The molecule has 0 radical (unpaired) electrons. The first-order valence-corrected chi connectivity index (χ1v) is 10.2. The molecule has 4 rings (SSSR count). The molecule has 29 heavy (non-hydrogen) atoms. The van der Waals surface area contributed by atoms with Gasteiger partial charge in [-0.2, -0.15) is 0 Å². The van der Waals surface area contributed by atoms with Crippen molar-refractivity contribution in [1.29, 1.82) is 0 Å². The van der Waals surface area contributed by atoms with Gasteiger partial charge in [0.15, 0.2) is 0 Å². The second-order valence-corrected chi connectivity index (χ2v) is 7.55. The van der Waals surface area contributed by atoms with Crippen molar-refractivity contribution >= 4 is 33.7 Å². The zero-order valence-corrected chi connectivity index (χ0v) is 17.1. The van der Waals surface area contributed by atoms with Crippen LogP contribution in [-0.2, 0) is 16.1 Å². The minimum atomic E-state index is -0.194. The fourth-order valence-electron chi connectivity index (χ4n) is 4.06. The number of hydrogen-bond acceptors (Lipinski definition) is 4. The number of aromatic nitrogens is 1. The predicted molar refractivity (Wildman–Crippen MR) is 114 cm³/mol. The molecule has 0 unspecified atom stereocenters. The summed E-state index contributed by atoms with van der Waals surface area (Å²) >= 11 is 0. The van der Waals surface area contributed by atoms with Gasteiger partial charge in [-0.05, 0) is 38.2 Å². The first-order chi connectivity index (χ1) is 14.1. The van der Waals surface area contributed by atoms with Gasteiger partial charge in [-0.25, -0.2) is 0 Å². The maximum absolute atomic E-state index is 13.0. The Morgan fingerprint density at radius 3 is 2.45 bits per heavy atom. The van der Waals surface area contributed by atoms with Crippen LogP contribution >= 0.6 is 0 Å². The van der Waals surface area contributed by atoms with E-state index in [4.69, 9.17) is 4.74 Å². The standard InChI is InChI=1S/C23H27N3O3/c1-3-29-22(27)10-11-26-20-7-5-4-6-18(20)19-16-17(8-9-21(19)26)23(28)25-14-12-24(2)13-15-25/h4-9,16H,3,10-15H2,1-2H3. The van der Waals surface area contributed by atoms with Gasteiger partial charge in [0, 0.05) is 60.1 Å². The van der Waals surface area contributed by atoms with E-state index in [-0.39, 0.29) is 11.9 Å². The maximum Gasteiger partial charge on any atom is 0.307 e. The summed E-state index contributed by atoms with van der Waals surface area (Å²) in [5.74, 6) is -0.108. The third-order valence-corrected chi connectivity index (χ3v) is 5.65. The number of aryl methyl sites for hydroxylation is 1. The number of ether oxygens (including phenoxy) is 1. The summed E-state index contributed by atoms with van der Waals surface area (Å²) in [6.07, 6.45) is 0.323.